The number of benzene rings is 1. The quantitative estimate of drug-likeness (QED) is 0.724. The zero-order chi connectivity index (χ0) is 11.1. The lowest BCUT2D eigenvalue weighted by Gasteiger charge is -1.88. The van der Waals surface area contributed by atoms with E-state index in [1.165, 1.54) is 11.3 Å². The molecule has 0 atom stereocenters. The molecule has 2 aromatic heterocycles. The molecule has 0 saturated carbocycles. The van der Waals surface area contributed by atoms with Gasteiger partial charge in [-0.3, -0.25) is 0 Å². The molecule has 80 valence electrons. The molecule has 3 aromatic rings. The second-order valence-electron chi connectivity index (χ2n) is 3.16. The van der Waals surface area contributed by atoms with Crippen LogP contribution in [0.4, 0.5) is 0 Å². The van der Waals surface area contributed by atoms with Crippen LogP contribution in [-0.2, 0) is 0 Å². The average molecular weight is 253 g/mol. The van der Waals surface area contributed by atoms with E-state index in [1.54, 1.807) is 0 Å². The molecule has 0 amide bonds. The number of halogens is 1. The summed E-state index contributed by atoms with van der Waals surface area (Å²) < 4.78 is 5.92. The van der Waals surface area contributed by atoms with Gasteiger partial charge in [0.1, 0.15) is 4.88 Å². The Morgan fingerprint density at radius 3 is 2.88 bits per heavy atom. The molecule has 0 unspecified atom stereocenters. The van der Waals surface area contributed by atoms with E-state index in [-0.39, 0.29) is 5.89 Å². The van der Waals surface area contributed by atoms with Gasteiger partial charge in [0.05, 0.1) is 5.02 Å². The third kappa shape index (κ3) is 1.36. The van der Waals surface area contributed by atoms with Crippen molar-refractivity contribution in [2.45, 2.75) is 0 Å². The van der Waals surface area contributed by atoms with Gasteiger partial charge in [0.2, 0.25) is 0 Å². The van der Waals surface area contributed by atoms with E-state index in [2.05, 4.69) is 10.2 Å². The molecule has 4 nitrogen and oxygen atoms in total. The van der Waals surface area contributed by atoms with Crippen LogP contribution in [-0.4, -0.2) is 10.2 Å². The maximum absolute atomic E-state index is 10.9. The van der Waals surface area contributed by atoms with Crippen molar-refractivity contribution in [3.8, 4) is 10.8 Å². The first-order valence-electron chi connectivity index (χ1n) is 4.48. The standard InChI is InChI=1S/C10H5ClN2O2S/c11-7-5-3-1-2-4-6(5)16-8(7)9-12-13-10(14)15-9/h1-4H,(H,13,14). The Morgan fingerprint density at radius 1 is 1.38 bits per heavy atom. The Balaban J connectivity index is 2.32. The lowest BCUT2D eigenvalue weighted by atomic mass is 10.2. The summed E-state index contributed by atoms with van der Waals surface area (Å²) in [7, 11) is 0. The smallest absolute Gasteiger partial charge is 0.387 e. The van der Waals surface area contributed by atoms with E-state index in [0.717, 1.165) is 10.1 Å². The SMILES string of the molecule is O=c1[nH]nc(-c2sc3ccccc3c2Cl)o1. The Morgan fingerprint density at radius 2 is 2.19 bits per heavy atom. The van der Waals surface area contributed by atoms with Crippen LogP contribution in [0.15, 0.2) is 33.5 Å². The number of fused-ring (bicyclic) bond motifs is 1. The zero-order valence-corrected chi connectivity index (χ0v) is 9.43. The summed E-state index contributed by atoms with van der Waals surface area (Å²) in [6.45, 7) is 0. The summed E-state index contributed by atoms with van der Waals surface area (Å²) in [6, 6.07) is 7.72. The van der Waals surface area contributed by atoms with E-state index >= 15 is 0 Å². The number of hydrogen-bond donors (Lipinski definition) is 1. The highest BCUT2D eigenvalue weighted by Crippen LogP contribution is 2.40. The van der Waals surface area contributed by atoms with E-state index in [1.807, 2.05) is 24.3 Å². The molecule has 16 heavy (non-hydrogen) atoms. The summed E-state index contributed by atoms with van der Waals surface area (Å²) in [5.74, 6) is -0.347. The molecule has 1 aromatic carbocycles. The molecule has 1 N–H and O–H groups in total. The lowest BCUT2D eigenvalue weighted by Crippen LogP contribution is -1.93. The maximum Gasteiger partial charge on any atom is 0.434 e. The summed E-state index contributed by atoms with van der Waals surface area (Å²) >= 11 is 7.64. The van der Waals surface area contributed by atoms with Gasteiger partial charge in [0.15, 0.2) is 0 Å². The summed E-state index contributed by atoms with van der Waals surface area (Å²) in [6.07, 6.45) is 0. The topological polar surface area (TPSA) is 58.9 Å². The van der Waals surface area contributed by atoms with Gasteiger partial charge in [-0.25, -0.2) is 9.89 Å². The number of nitrogens with zero attached hydrogens (tertiary/aromatic N) is 1. The monoisotopic (exact) mass is 252 g/mol. The van der Waals surface area contributed by atoms with E-state index < -0.39 is 5.76 Å². The first-order chi connectivity index (χ1) is 7.75. The summed E-state index contributed by atoms with van der Waals surface area (Å²) in [5, 5.41) is 7.48. The van der Waals surface area contributed by atoms with Gasteiger partial charge in [-0.1, -0.05) is 29.8 Å². The van der Waals surface area contributed by atoms with Crippen LogP contribution in [0.25, 0.3) is 20.9 Å². The van der Waals surface area contributed by atoms with Crippen molar-refractivity contribution in [2.24, 2.45) is 0 Å². The maximum atomic E-state index is 10.9. The van der Waals surface area contributed by atoms with Crippen molar-refractivity contribution < 1.29 is 4.42 Å². The van der Waals surface area contributed by atoms with Crippen molar-refractivity contribution in [3.05, 3.63) is 39.8 Å². The predicted octanol–water partition coefficient (Wildman–Crippen LogP) is 2.90. The fourth-order valence-electron chi connectivity index (χ4n) is 1.48. The van der Waals surface area contributed by atoms with E-state index in [4.69, 9.17) is 16.0 Å². The highest BCUT2D eigenvalue weighted by atomic mass is 35.5. The van der Waals surface area contributed by atoms with Crippen LogP contribution in [0.3, 0.4) is 0 Å². The molecule has 0 aliphatic rings. The van der Waals surface area contributed by atoms with Crippen molar-refractivity contribution in [1.29, 1.82) is 0 Å². The number of thiophene rings is 1. The van der Waals surface area contributed by atoms with Crippen molar-refractivity contribution >= 4 is 33.0 Å². The predicted molar refractivity (Wildman–Crippen MR) is 63.0 cm³/mol. The zero-order valence-electron chi connectivity index (χ0n) is 7.86. The number of aromatic nitrogens is 2. The van der Waals surface area contributed by atoms with Crippen LogP contribution in [0.2, 0.25) is 5.02 Å². The minimum Gasteiger partial charge on any atom is -0.387 e. The van der Waals surface area contributed by atoms with Crippen molar-refractivity contribution in [2.75, 3.05) is 0 Å². The molecule has 0 saturated heterocycles. The van der Waals surface area contributed by atoms with Gasteiger partial charge in [0.25, 0.3) is 5.89 Å². The third-order valence-electron chi connectivity index (χ3n) is 2.17. The van der Waals surface area contributed by atoms with Crippen LogP contribution in [0.1, 0.15) is 0 Å². The van der Waals surface area contributed by atoms with Crippen LogP contribution < -0.4 is 5.76 Å². The van der Waals surface area contributed by atoms with Gasteiger partial charge in [-0.05, 0) is 6.07 Å². The van der Waals surface area contributed by atoms with Crippen LogP contribution >= 0.6 is 22.9 Å². The molecule has 0 bridgehead atoms. The highest BCUT2D eigenvalue weighted by molar-refractivity contribution is 7.23. The normalized spacial score (nSPS) is 11.1. The Hall–Kier alpha value is -1.59. The molecule has 0 spiro atoms. The van der Waals surface area contributed by atoms with Crippen LogP contribution in [0, 0.1) is 0 Å². The summed E-state index contributed by atoms with van der Waals surface area (Å²) in [4.78, 5) is 11.5. The number of hydrogen-bond acceptors (Lipinski definition) is 4. The Kier molecular flexibility index (Phi) is 2.08. The fraction of sp³-hybridized carbons (Fsp3) is 0. The van der Waals surface area contributed by atoms with Gasteiger partial charge in [-0.2, -0.15) is 0 Å². The minimum atomic E-state index is -0.580. The molecule has 6 heteroatoms. The number of rotatable bonds is 1. The first kappa shape index (κ1) is 9.62. The largest absolute Gasteiger partial charge is 0.434 e. The Labute approximate surface area is 98.5 Å². The third-order valence-corrected chi connectivity index (χ3v) is 3.83. The van der Waals surface area contributed by atoms with Gasteiger partial charge < -0.3 is 4.42 Å². The molecular weight excluding hydrogens is 248 g/mol. The molecule has 3 rings (SSSR count). The fourth-order valence-corrected chi connectivity index (χ4v) is 2.92. The second-order valence-corrected chi connectivity index (χ2v) is 4.59. The molecule has 0 radical (unpaired) electrons. The second kappa shape index (κ2) is 3.47. The average Bonchev–Trinajstić information content (AvgIpc) is 2.84. The highest BCUT2D eigenvalue weighted by Gasteiger charge is 2.15. The molecule has 0 aliphatic heterocycles. The lowest BCUT2D eigenvalue weighted by molar-refractivity contribution is 0.528. The minimum absolute atomic E-state index is 0.233. The van der Waals surface area contributed by atoms with Gasteiger partial charge >= 0.3 is 5.76 Å². The van der Waals surface area contributed by atoms with Crippen molar-refractivity contribution in [1.82, 2.24) is 10.2 Å². The molecular formula is C10H5ClN2O2S. The Bertz CT molecular complexity index is 713. The van der Waals surface area contributed by atoms with Gasteiger partial charge in [-0.15, -0.1) is 16.4 Å². The summed E-state index contributed by atoms with van der Waals surface area (Å²) in [5.41, 5.74) is 0. The molecule has 0 fully saturated rings. The van der Waals surface area contributed by atoms with E-state index in [0.29, 0.717) is 9.90 Å². The number of H-pyrrole nitrogens is 1. The van der Waals surface area contributed by atoms with Crippen molar-refractivity contribution in [3.63, 3.8) is 0 Å². The number of nitrogens with one attached hydrogen (secondary N) is 1. The molecule has 2 heterocycles. The van der Waals surface area contributed by atoms with Gasteiger partial charge in [0, 0.05) is 10.1 Å². The van der Waals surface area contributed by atoms with Crippen LogP contribution in [0.5, 0.6) is 0 Å². The molecule has 0 aliphatic carbocycles. The van der Waals surface area contributed by atoms with E-state index in [9.17, 15) is 4.79 Å². The first-order valence-corrected chi connectivity index (χ1v) is 5.68. The number of aromatic amines is 1.